The molecule has 7 heteroatoms. The van der Waals surface area contributed by atoms with Crippen LogP contribution in [-0.2, 0) is 11.3 Å². The zero-order valence-electron chi connectivity index (χ0n) is 16.8. The van der Waals surface area contributed by atoms with Crippen LogP contribution in [-0.4, -0.2) is 25.9 Å². The van der Waals surface area contributed by atoms with Gasteiger partial charge in [0.2, 0.25) is 5.91 Å². The normalized spacial score (nSPS) is 14.2. The van der Waals surface area contributed by atoms with Crippen molar-refractivity contribution in [2.24, 2.45) is 0 Å². The molecule has 0 bridgehead atoms. The number of benzene rings is 2. The fourth-order valence-corrected chi connectivity index (χ4v) is 3.88. The van der Waals surface area contributed by atoms with Crippen molar-refractivity contribution in [1.82, 2.24) is 14.8 Å². The van der Waals surface area contributed by atoms with Crippen LogP contribution < -0.4 is 10.1 Å². The molecule has 154 valence electrons. The standard InChI is InChI=1S/C23H24N4O2S/c1-3-15-27-21(17-9-10-17)25-26-23(27)30-16(2)22(28)24-18-11-13-20(14-12-18)29-19-7-5-4-6-8-19/h3-8,11-14,16-17H,1,9-10,15H2,2H3,(H,24,28). The van der Waals surface area contributed by atoms with Crippen LogP contribution in [0.15, 0.2) is 72.4 Å². The Hall–Kier alpha value is -3.06. The van der Waals surface area contributed by atoms with E-state index in [0.717, 1.165) is 35.3 Å². The number of rotatable bonds is 9. The first-order chi connectivity index (χ1) is 14.6. The van der Waals surface area contributed by atoms with E-state index in [4.69, 9.17) is 4.74 Å². The topological polar surface area (TPSA) is 69.0 Å². The summed E-state index contributed by atoms with van der Waals surface area (Å²) in [6.07, 6.45) is 4.14. The average Bonchev–Trinajstić information content (AvgIpc) is 3.53. The number of allylic oxidation sites excluding steroid dienone is 1. The average molecular weight is 421 g/mol. The van der Waals surface area contributed by atoms with Crippen molar-refractivity contribution in [3.63, 3.8) is 0 Å². The molecule has 1 aliphatic rings. The van der Waals surface area contributed by atoms with Crippen LogP contribution in [0.25, 0.3) is 0 Å². The van der Waals surface area contributed by atoms with E-state index in [0.29, 0.717) is 18.2 Å². The number of para-hydroxylation sites is 1. The monoisotopic (exact) mass is 420 g/mol. The van der Waals surface area contributed by atoms with Crippen LogP contribution in [0.2, 0.25) is 0 Å². The lowest BCUT2D eigenvalue weighted by Gasteiger charge is -2.13. The number of hydrogen-bond donors (Lipinski definition) is 1. The molecule has 1 saturated carbocycles. The molecule has 1 amide bonds. The number of nitrogens with zero attached hydrogens (tertiary/aromatic N) is 3. The molecule has 6 nitrogen and oxygen atoms in total. The van der Waals surface area contributed by atoms with Gasteiger partial charge in [-0.1, -0.05) is 36.0 Å². The summed E-state index contributed by atoms with van der Waals surface area (Å²) in [5.41, 5.74) is 0.721. The quantitative estimate of drug-likeness (QED) is 0.378. The Bertz CT molecular complexity index is 1010. The highest BCUT2D eigenvalue weighted by molar-refractivity contribution is 8.00. The van der Waals surface area contributed by atoms with Gasteiger partial charge in [0, 0.05) is 18.2 Å². The molecular formula is C23H24N4O2S. The van der Waals surface area contributed by atoms with Gasteiger partial charge in [0.05, 0.1) is 5.25 Å². The molecule has 0 saturated heterocycles. The molecule has 0 spiro atoms. The minimum absolute atomic E-state index is 0.0853. The zero-order chi connectivity index (χ0) is 20.9. The third-order valence-corrected chi connectivity index (χ3v) is 5.83. The van der Waals surface area contributed by atoms with Gasteiger partial charge in [0.25, 0.3) is 0 Å². The highest BCUT2D eigenvalue weighted by atomic mass is 32.2. The molecule has 30 heavy (non-hydrogen) atoms. The lowest BCUT2D eigenvalue weighted by Crippen LogP contribution is -2.23. The number of carbonyl (C=O) groups excluding carboxylic acids is 1. The van der Waals surface area contributed by atoms with Crippen molar-refractivity contribution in [3.8, 4) is 11.5 Å². The molecule has 1 aliphatic carbocycles. The van der Waals surface area contributed by atoms with Crippen LogP contribution in [0.5, 0.6) is 11.5 Å². The van der Waals surface area contributed by atoms with Crippen molar-refractivity contribution in [3.05, 3.63) is 73.1 Å². The number of amides is 1. The van der Waals surface area contributed by atoms with E-state index in [1.807, 2.05) is 67.6 Å². The van der Waals surface area contributed by atoms with Crippen LogP contribution >= 0.6 is 11.8 Å². The zero-order valence-corrected chi connectivity index (χ0v) is 17.6. The van der Waals surface area contributed by atoms with E-state index < -0.39 is 0 Å². The smallest absolute Gasteiger partial charge is 0.237 e. The summed E-state index contributed by atoms with van der Waals surface area (Å²) < 4.78 is 7.85. The first-order valence-corrected chi connectivity index (χ1v) is 10.9. The van der Waals surface area contributed by atoms with Gasteiger partial charge in [-0.05, 0) is 56.2 Å². The Kier molecular flexibility index (Phi) is 6.18. The van der Waals surface area contributed by atoms with Gasteiger partial charge >= 0.3 is 0 Å². The van der Waals surface area contributed by atoms with E-state index in [9.17, 15) is 4.79 Å². The molecule has 1 heterocycles. The Morgan fingerprint density at radius 2 is 1.90 bits per heavy atom. The summed E-state index contributed by atoms with van der Waals surface area (Å²) in [4.78, 5) is 12.7. The molecule has 3 aromatic rings. The molecule has 1 unspecified atom stereocenters. The van der Waals surface area contributed by atoms with Gasteiger partial charge in [-0.25, -0.2) is 0 Å². The van der Waals surface area contributed by atoms with E-state index in [1.165, 1.54) is 11.8 Å². The molecule has 1 N–H and O–H groups in total. The van der Waals surface area contributed by atoms with Crippen molar-refractivity contribution < 1.29 is 9.53 Å². The third-order valence-electron chi connectivity index (χ3n) is 4.75. The Morgan fingerprint density at radius 3 is 2.57 bits per heavy atom. The largest absolute Gasteiger partial charge is 0.457 e. The van der Waals surface area contributed by atoms with E-state index >= 15 is 0 Å². The molecule has 0 radical (unpaired) electrons. The van der Waals surface area contributed by atoms with Crippen molar-refractivity contribution in [2.75, 3.05) is 5.32 Å². The molecule has 0 aliphatic heterocycles. The molecule has 4 rings (SSSR count). The van der Waals surface area contributed by atoms with Crippen molar-refractivity contribution in [1.29, 1.82) is 0 Å². The predicted octanol–water partition coefficient (Wildman–Crippen LogP) is 5.25. The third kappa shape index (κ3) is 4.91. The van der Waals surface area contributed by atoms with Crippen LogP contribution in [0.1, 0.15) is 31.5 Å². The first kappa shape index (κ1) is 20.2. The maximum atomic E-state index is 12.7. The number of carbonyl (C=O) groups is 1. The number of anilines is 1. The number of aromatic nitrogens is 3. The minimum atomic E-state index is -0.315. The van der Waals surface area contributed by atoms with Gasteiger partial charge in [0.15, 0.2) is 5.16 Å². The number of ether oxygens (including phenoxy) is 1. The molecule has 1 aromatic heterocycles. The summed E-state index contributed by atoms with van der Waals surface area (Å²) >= 11 is 1.41. The fraction of sp³-hybridized carbons (Fsp3) is 0.261. The molecule has 1 fully saturated rings. The summed E-state index contributed by atoms with van der Waals surface area (Å²) in [5, 5.41) is 12.0. The Balaban J connectivity index is 1.36. The summed E-state index contributed by atoms with van der Waals surface area (Å²) in [7, 11) is 0. The van der Waals surface area contributed by atoms with E-state index in [-0.39, 0.29) is 11.2 Å². The number of hydrogen-bond acceptors (Lipinski definition) is 5. The van der Waals surface area contributed by atoms with Gasteiger partial charge in [0.1, 0.15) is 17.3 Å². The van der Waals surface area contributed by atoms with E-state index in [2.05, 4.69) is 26.7 Å². The first-order valence-electron chi connectivity index (χ1n) is 9.98. The SMILES string of the molecule is C=CCn1c(SC(C)C(=O)Nc2ccc(Oc3ccccc3)cc2)nnc1C1CC1. The minimum Gasteiger partial charge on any atom is -0.457 e. The summed E-state index contributed by atoms with van der Waals surface area (Å²) in [5.74, 6) is 2.89. The fourth-order valence-electron chi connectivity index (χ4n) is 3.02. The molecule has 1 atom stereocenters. The maximum absolute atomic E-state index is 12.7. The van der Waals surface area contributed by atoms with Crippen LogP contribution in [0.4, 0.5) is 5.69 Å². The number of thioether (sulfide) groups is 1. The predicted molar refractivity (Wildman–Crippen MR) is 119 cm³/mol. The van der Waals surface area contributed by atoms with Gasteiger partial charge in [-0.15, -0.1) is 16.8 Å². The van der Waals surface area contributed by atoms with E-state index in [1.54, 1.807) is 0 Å². The Labute approximate surface area is 180 Å². The number of nitrogens with one attached hydrogen (secondary N) is 1. The maximum Gasteiger partial charge on any atom is 0.237 e. The van der Waals surface area contributed by atoms with Crippen LogP contribution in [0, 0.1) is 0 Å². The molecular weight excluding hydrogens is 396 g/mol. The Morgan fingerprint density at radius 1 is 1.20 bits per heavy atom. The summed E-state index contributed by atoms with van der Waals surface area (Å²) in [6.45, 7) is 6.35. The van der Waals surface area contributed by atoms with Gasteiger partial charge in [-0.3, -0.25) is 4.79 Å². The second-order valence-electron chi connectivity index (χ2n) is 7.20. The van der Waals surface area contributed by atoms with Crippen molar-refractivity contribution >= 4 is 23.4 Å². The van der Waals surface area contributed by atoms with Crippen LogP contribution in [0.3, 0.4) is 0 Å². The van der Waals surface area contributed by atoms with Gasteiger partial charge < -0.3 is 14.6 Å². The summed E-state index contributed by atoms with van der Waals surface area (Å²) in [6, 6.07) is 16.9. The second kappa shape index (κ2) is 9.17. The highest BCUT2D eigenvalue weighted by Gasteiger charge is 2.31. The highest BCUT2D eigenvalue weighted by Crippen LogP contribution is 2.40. The molecule has 2 aromatic carbocycles. The lowest BCUT2D eigenvalue weighted by molar-refractivity contribution is -0.115. The second-order valence-corrected chi connectivity index (χ2v) is 8.51. The van der Waals surface area contributed by atoms with Gasteiger partial charge in [-0.2, -0.15) is 0 Å². The van der Waals surface area contributed by atoms with Crippen molar-refractivity contribution in [2.45, 2.75) is 42.6 Å². The lowest BCUT2D eigenvalue weighted by atomic mass is 10.3.